The summed E-state index contributed by atoms with van der Waals surface area (Å²) >= 11 is 0. The van der Waals surface area contributed by atoms with Crippen molar-refractivity contribution in [2.45, 2.75) is 13.3 Å². The van der Waals surface area contributed by atoms with Gasteiger partial charge in [0.25, 0.3) is 5.91 Å². The van der Waals surface area contributed by atoms with Gasteiger partial charge >= 0.3 is 0 Å². The molecule has 1 aromatic heterocycles. The second kappa shape index (κ2) is 8.11. The number of aryl methyl sites for hydroxylation is 1. The van der Waals surface area contributed by atoms with Crippen molar-refractivity contribution in [2.75, 3.05) is 7.11 Å². The molecule has 0 aliphatic carbocycles. The van der Waals surface area contributed by atoms with E-state index in [1.165, 1.54) is 11.8 Å². The summed E-state index contributed by atoms with van der Waals surface area (Å²) in [5.41, 5.74) is 6.53. The molecule has 0 spiro atoms. The van der Waals surface area contributed by atoms with Crippen molar-refractivity contribution in [1.82, 2.24) is 15.6 Å². The molecule has 6 nitrogen and oxygen atoms in total. The Morgan fingerprint density at radius 3 is 2.73 bits per heavy atom. The first-order chi connectivity index (χ1) is 12.7. The summed E-state index contributed by atoms with van der Waals surface area (Å²) in [5.74, 6) is 0.324. The van der Waals surface area contributed by atoms with Gasteiger partial charge in [-0.15, -0.1) is 0 Å². The second-order valence-corrected chi connectivity index (χ2v) is 5.66. The van der Waals surface area contributed by atoms with Gasteiger partial charge in [-0.05, 0) is 30.2 Å². The van der Waals surface area contributed by atoms with Crippen LogP contribution in [-0.4, -0.2) is 29.4 Å². The zero-order valence-corrected chi connectivity index (χ0v) is 14.7. The van der Waals surface area contributed by atoms with Crippen LogP contribution in [0.25, 0.3) is 11.3 Å². The number of hydrazone groups is 1. The molecule has 0 atom stereocenters. The summed E-state index contributed by atoms with van der Waals surface area (Å²) in [7, 11) is 1.59. The van der Waals surface area contributed by atoms with Gasteiger partial charge in [0.15, 0.2) is 0 Å². The lowest BCUT2D eigenvalue weighted by Gasteiger charge is -2.02. The summed E-state index contributed by atoms with van der Waals surface area (Å²) in [5, 5.41) is 10.9. The number of carbonyl (C=O) groups is 1. The second-order valence-electron chi connectivity index (χ2n) is 5.66. The van der Waals surface area contributed by atoms with Crippen LogP contribution >= 0.6 is 0 Å². The van der Waals surface area contributed by atoms with Gasteiger partial charge in [0.1, 0.15) is 11.4 Å². The molecule has 1 heterocycles. The van der Waals surface area contributed by atoms with Gasteiger partial charge in [-0.1, -0.05) is 43.3 Å². The standard InChI is InChI=1S/C20H20N4O2/c1-3-14-8-10-15(11-9-14)17-12-18(23-22-17)20(25)24-21-13-16-6-4-5-7-19(16)26-2/h4-13H,3H2,1-2H3,(H,22,23)(H,24,25)/b21-13-. The van der Waals surface area contributed by atoms with Crippen LogP contribution in [0, 0.1) is 0 Å². The van der Waals surface area contributed by atoms with Crippen LogP contribution in [0.1, 0.15) is 28.5 Å². The van der Waals surface area contributed by atoms with Crippen LogP contribution < -0.4 is 10.2 Å². The summed E-state index contributed by atoms with van der Waals surface area (Å²) in [6.07, 6.45) is 2.52. The highest BCUT2D eigenvalue weighted by atomic mass is 16.5. The molecule has 26 heavy (non-hydrogen) atoms. The predicted octanol–water partition coefficient (Wildman–Crippen LogP) is 3.41. The Kier molecular flexibility index (Phi) is 5.43. The Morgan fingerprint density at radius 1 is 1.23 bits per heavy atom. The SMILES string of the molecule is CCc1ccc(-c2cc(C(=O)N/N=C\c3ccccc3OC)[nH]n2)cc1. The Hall–Kier alpha value is -3.41. The molecular formula is C20H20N4O2. The molecule has 0 aliphatic rings. The molecule has 0 fully saturated rings. The molecule has 2 N–H and O–H groups in total. The topological polar surface area (TPSA) is 79.4 Å². The van der Waals surface area contributed by atoms with Crippen molar-refractivity contribution >= 4 is 12.1 Å². The van der Waals surface area contributed by atoms with Crippen molar-refractivity contribution < 1.29 is 9.53 Å². The number of nitrogens with zero attached hydrogens (tertiary/aromatic N) is 2. The number of hydrogen-bond acceptors (Lipinski definition) is 4. The lowest BCUT2D eigenvalue weighted by Crippen LogP contribution is -2.18. The number of aromatic amines is 1. The van der Waals surface area contributed by atoms with E-state index in [0.29, 0.717) is 17.1 Å². The zero-order chi connectivity index (χ0) is 18.4. The number of carbonyl (C=O) groups excluding carboxylic acids is 1. The van der Waals surface area contributed by atoms with Gasteiger partial charge in [0, 0.05) is 11.1 Å². The number of benzene rings is 2. The van der Waals surface area contributed by atoms with E-state index >= 15 is 0 Å². The number of ether oxygens (including phenoxy) is 1. The van der Waals surface area contributed by atoms with Crippen LogP contribution in [0.2, 0.25) is 0 Å². The van der Waals surface area contributed by atoms with Crippen LogP contribution in [0.5, 0.6) is 5.75 Å². The molecule has 2 aromatic carbocycles. The lowest BCUT2D eigenvalue weighted by molar-refractivity contribution is 0.0950. The van der Waals surface area contributed by atoms with Crippen molar-refractivity contribution in [1.29, 1.82) is 0 Å². The third-order valence-electron chi connectivity index (χ3n) is 3.99. The first-order valence-electron chi connectivity index (χ1n) is 8.32. The van der Waals surface area contributed by atoms with Gasteiger partial charge in [0.05, 0.1) is 19.0 Å². The molecule has 0 radical (unpaired) electrons. The van der Waals surface area contributed by atoms with Crippen molar-refractivity contribution in [3.8, 4) is 17.0 Å². The van der Waals surface area contributed by atoms with Gasteiger partial charge in [-0.2, -0.15) is 10.2 Å². The number of methoxy groups -OCH3 is 1. The molecule has 0 bridgehead atoms. The maximum Gasteiger partial charge on any atom is 0.289 e. The van der Waals surface area contributed by atoms with Gasteiger partial charge in [-0.25, -0.2) is 5.43 Å². The molecule has 3 rings (SSSR count). The van der Waals surface area contributed by atoms with E-state index in [1.807, 2.05) is 36.4 Å². The molecule has 6 heteroatoms. The molecule has 0 saturated heterocycles. The number of H-pyrrole nitrogens is 1. The zero-order valence-electron chi connectivity index (χ0n) is 14.7. The van der Waals surface area contributed by atoms with E-state index in [9.17, 15) is 4.79 Å². The van der Waals surface area contributed by atoms with Crippen LogP contribution in [-0.2, 0) is 6.42 Å². The highest BCUT2D eigenvalue weighted by Gasteiger charge is 2.10. The summed E-state index contributed by atoms with van der Waals surface area (Å²) in [6, 6.07) is 17.2. The quantitative estimate of drug-likeness (QED) is 0.529. The number of nitrogens with one attached hydrogen (secondary N) is 2. The molecule has 0 aliphatic heterocycles. The normalized spacial score (nSPS) is 10.8. The minimum absolute atomic E-state index is 0.344. The Balaban J connectivity index is 1.67. The third kappa shape index (κ3) is 3.97. The molecule has 3 aromatic rings. The molecule has 0 saturated carbocycles. The maximum atomic E-state index is 12.2. The van der Waals surface area contributed by atoms with E-state index in [0.717, 1.165) is 17.5 Å². The van der Waals surface area contributed by atoms with E-state index in [-0.39, 0.29) is 5.91 Å². The van der Waals surface area contributed by atoms with Gasteiger partial charge in [-0.3, -0.25) is 9.89 Å². The van der Waals surface area contributed by atoms with Gasteiger partial charge in [0.2, 0.25) is 0 Å². The third-order valence-corrected chi connectivity index (χ3v) is 3.99. The molecular weight excluding hydrogens is 328 g/mol. The molecule has 1 amide bonds. The summed E-state index contributed by atoms with van der Waals surface area (Å²) < 4.78 is 5.24. The number of amides is 1. The lowest BCUT2D eigenvalue weighted by atomic mass is 10.1. The number of para-hydroxylation sites is 1. The Labute approximate surface area is 151 Å². The first-order valence-corrected chi connectivity index (χ1v) is 8.32. The predicted molar refractivity (Wildman–Crippen MR) is 101 cm³/mol. The minimum Gasteiger partial charge on any atom is -0.496 e. The highest BCUT2D eigenvalue weighted by Crippen LogP contribution is 2.18. The first kappa shape index (κ1) is 17.4. The monoisotopic (exact) mass is 348 g/mol. The fourth-order valence-electron chi connectivity index (χ4n) is 2.49. The summed E-state index contributed by atoms with van der Waals surface area (Å²) in [4.78, 5) is 12.2. The van der Waals surface area contributed by atoms with Crippen molar-refractivity contribution in [3.05, 3.63) is 71.4 Å². The fraction of sp³-hybridized carbons (Fsp3) is 0.150. The number of rotatable bonds is 6. The molecule has 132 valence electrons. The average Bonchev–Trinajstić information content (AvgIpc) is 3.18. The largest absolute Gasteiger partial charge is 0.496 e. The smallest absolute Gasteiger partial charge is 0.289 e. The summed E-state index contributed by atoms with van der Waals surface area (Å²) in [6.45, 7) is 2.11. The van der Waals surface area contributed by atoms with Gasteiger partial charge < -0.3 is 4.74 Å². The van der Waals surface area contributed by atoms with E-state index in [1.54, 1.807) is 13.2 Å². The van der Waals surface area contributed by atoms with E-state index in [4.69, 9.17) is 4.74 Å². The van der Waals surface area contributed by atoms with E-state index < -0.39 is 0 Å². The Morgan fingerprint density at radius 2 is 2.00 bits per heavy atom. The van der Waals surface area contributed by atoms with E-state index in [2.05, 4.69) is 39.8 Å². The van der Waals surface area contributed by atoms with Crippen LogP contribution in [0.3, 0.4) is 0 Å². The molecule has 0 unspecified atom stereocenters. The highest BCUT2D eigenvalue weighted by molar-refractivity contribution is 5.94. The fourth-order valence-corrected chi connectivity index (χ4v) is 2.49. The minimum atomic E-state index is -0.361. The van der Waals surface area contributed by atoms with Crippen LogP contribution in [0.15, 0.2) is 59.7 Å². The average molecular weight is 348 g/mol. The van der Waals surface area contributed by atoms with Crippen LogP contribution in [0.4, 0.5) is 0 Å². The number of hydrogen-bond donors (Lipinski definition) is 2. The number of aromatic nitrogens is 2. The Bertz CT molecular complexity index is 914. The van der Waals surface area contributed by atoms with Crippen molar-refractivity contribution in [2.24, 2.45) is 5.10 Å². The van der Waals surface area contributed by atoms with Crippen molar-refractivity contribution in [3.63, 3.8) is 0 Å². The maximum absolute atomic E-state index is 12.2.